The predicted molar refractivity (Wildman–Crippen MR) is 64.1 cm³/mol. The van der Waals surface area contributed by atoms with E-state index in [1.807, 2.05) is 13.8 Å². The topological polar surface area (TPSA) is 75.7 Å². The molecule has 1 aliphatic rings. The molecule has 0 bridgehead atoms. The highest BCUT2D eigenvalue weighted by atomic mass is 32.2. The molecule has 0 spiro atoms. The number of piperazine rings is 1. The average Bonchev–Trinajstić information content (AvgIpc) is 2.21. The summed E-state index contributed by atoms with van der Waals surface area (Å²) >= 11 is 0. The molecule has 17 heavy (non-hydrogen) atoms. The highest BCUT2D eigenvalue weighted by Crippen LogP contribution is 2.11. The first-order valence-electron chi connectivity index (χ1n) is 5.73. The molecule has 1 rings (SSSR count). The monoisotopic (exact) mass is 264 g/mol. The van der Waals surface area contributed by atoms with Crippen LogP contribution < -0.4 is 5.32 Å². The lowest BCUT2D eigenvalue weighted by atomic mass is 10.2. The molecular formula is C10H20N2O4S. The second kappa shape index (κ2) is 5.79. The van der Waals surface area contributed by atoms with Crippen molar-refractivity contribution in [1.82, 2.24) is 9.62 Å². The molecule has 7 heteroatoms. The zero-order chi connectivity index (χ0) is 13.1. The molecule has 100 valence electrons. The van der Waals surface area contributed by atoms with Gasteiger partial charge in [0.15, 0.2) is 0 Å². The highest BCUT2D eigenvalue weighted by Gasteiger charge is 2.34. The maximum Gasteiger partial charge on any atom is 0.238 e. The van der Waals surface area contributed by atoms with Crippen LogP contribution in [-0.2, 0) is 19.6 Å². The molecule has 6 nitrogen and oxygen atoms in total. The van der Waals surface area contributed by atoms with Crippen LogP contribution in [0.4, 0.5) is 0 Å². The fourth-order valence-electron chi connectivity index (χ4n) is 1.65. The molecule has 1 N–H and O–H groups in total. The molecule has 0 aromatic carbocycles. The van der Waals surface area contributed by atoms with Gasteiger partial charge in [-0.2, -0.15) is 4.31 Å². The lowest BCUT2D eigenvalue weighted by Crippen LogP contribution is -2.56. The van der Waals surface area contributed by atoms with Crippen LogP contribution in [0.15, 0.2) is 0 Å². The number of rotatable bonds is 5. The first-order valence-corrected chi connectivity index (χ1v) is 7.34. The van der Waals surface area contributed by atoms with Crippen molar-refractivity contribution in [2.24, 2.45) is 0 Å². The quantitative estimate of drug-likeness (QED) is 0.730. The Morgan fingerprint density at radius 1 is 1.53 bits per heavy atom. The third-order valence-corrected chi connectivity index (χ3v) is 4.49. The number of amides is 1. The maximum absolute atomic E-state index is 12.0. The number of hydrogen-bond donors (Lipinski definition) is 1. The Morgan fingerprint density at radius 3 is 2.76 bits per heavy atom. The van der Waals surface area contributed by atoms with Crippen molar-refractivity contribution < 1.29 is 17.9 Å². The van der Waals surface area contributed by atoms with Crippen LogP contribution in [0.2, 0.25) is 0 Å². The summed E-state index contributed by atoms with van der Waals surface area (Å²) in [5.74, 6) is -0.326. The molecular weight excluding hydrogens is 244 g/mol. The summed E-state index contributed by atoms with van der Waals surface area (Å²) in [4.78, 5) is 11.4. The minimum Gasteiger partial charge on any atom is -0.378 e. The van der Waals surface area contributed by atoms with Crippen LogP contribution in [0.5, 0.6) is 0 Å². The summed E-state index contributed by atoms with van der Waals surface area (Å²) in [5.41, 5.74) is 0. The van der Waals surface area contributed by atoms with Crippen molar-refractivity contribution in [3.05, 3.63) is 0 Å². The molecule has 0 aromatic heterocycles. The van der Waals surface area contributed by atoms with E-state index in [2.05, 4.69) is 5.32 Å². The van der Waals surface area contributed by atoms with Gasteiger partial charge in [-0.3, -0.25) is 4.79 Å². The van der Waals surface area contributed by atoms with E-state index in [4.69, 9.17) is 4.74 Å². The van der Waals surface area contributed by atoms with Crippen LogP contribution in [0.25, 0.3) is 0 Å². The van der Waals surface area contributed by atoms with Crippen molar-refractivity contribution in [1.29, 1.82) is 0 Å². The van der Waals surface area contributed by atoms with Crippen molar-refractivity contribution in [2.45, 2.75) is 32.9 Å². The van der Waals surface area contributed by atoms with Crippen LogP contribution in [0.1, 0.15) is 20.8 Å². The van der Waals surface area contributed by atoms with Gasteiger partial charge in [-0.15, -0.1) is 0 Å². The van der Waals surface area contributed by atoms with E-state index in [1.54, 1.807) is 6.92 Å². The first kappa shape index (κ1) is 14.4. The molecule has 1 aliphatic heterocycles. The smallest absolute Gasteiger partial charge is 0.238 e. The number of hydrogen-bond acceptors (Lipinski definition) is 4. The van der Waals surface area contributed by atoms with E-state index < -0.39 is 16.1 Å². The number of carbonyl (C=O) groups is 1. The van der Waals surface area contributed by atoms with Gasteiger partial charge < -0.3 is 10.1 Å². The molecule has 1 amide bonds. The molecule has 0 saturated carbocycles. The number of carbonyl (C=O) groups excluding carboxylic acids is 1. The number of ether oxygens (including phenoxy) is 1. The van der Waals surface area contributed by atoms with Gasteiger partial charge in [-0.05, 0) is 20.8 Å². The summed E-state index contributed by atoms with van der Waals surface area (Å²) in [6.45, 7) is 6.15. The number of nitrogens with zero attached hydrogens (tertiary/aromatic N) is 1. The zero-order valence-electron chi connectivity index (χ0n) is 10.5. The van der Waals surface area contributed by atoms with Gasteiger partial charge in [-0.1, -0.05) is 0 Å². The number of sulfonamides is 1. The Kier molecular flexibility index (Phi) is 4.91. The minimum atomic E-state index is -3.41. The van der Waals surface area contributed by atoms with Gasteiger partial charge in [0.1, 0.15) is 6.04 Å². The minimum absolute atomic E-state index is 0.00674. The van der Waals surface area contributed by atoms with Crippen LogP contribution in [-0.4, -0.2) is 56.2 Å². The standard InChI is InChI=1S/C10H20N2O4S/c1-8(2)16-6-7-17(14,15)12-5-4-11-10(13)9(12)3/h8-9H,4-7H2,1-3H3,(H,11,13). The van der Waals surface area contributed by atoms with Gasteiger partial charge in [-0.25, -0.2) is 8.42 Å². The fourth-order valence-corrected chi connectivity index (χ4v) is 3.14. The summed E-state index contributed by atoms with van der Waals surface area (Å²) < 4.78 is 30.4. The lowest BCUT2D eigenvalue weighted by molar-refractivity contribution is -0.126. The third-order valence-electron chi connectivity index (χ3n) is 2.59. The molecule has 0 aliphatic carbocycles. The Balaban J connectivity index is 2.60. The summed E-state index contributed by atoms with van der Waals surface area (Å²) in [5, 5.41) is 2.63. The fraction of sp³-hybridized carbons (Fsp3) is 0.900. The lowest BCUT2D eigenvalue weighted by Gasteiger charge is -2.31. The molecule has 1 fully saturated rings. The first-order chi connectivity index (χ1) is 7.84. The van der Waals surface area contributed by atoms with E-state index in [1.165, 1.54) is 4.31 Å². The summed E-state index contributed by atoms with van der Waals surface area (Å²) in [6.07, 6.45) is 0.00674. The summed E-state index contributed by atoms with van der Waals surface area (Å²) in [7, 11) is -3.41. The van der Waals surface area contributed by atoms with Crippen molar-refractivity contribution in [3.8, 4) is 0 Å². The Labute approximate surface area is 102 Å². The van der Waals surface area contributed by atoms with E-state index in [-0.39, 0.29) is 24.4 Å². The molecule has 0 aromatic rings. The van der Waals surface area contributed by atoms with Gasteiger partial charge in [0.05, 0.1) is 18.5 Å². The SMILES string of the molecule is CC(C)OCCS(=O)(=O)N1CCNC(=O)C1C. The van der Waals surface area contributed by atoms with Crippen LogP contribution in [0, 0.1) is 0 Å². The second-order valence-electron chi connectivity index (χ2n) is 4.31. The average molecular weight is 264 g/mol. The van der Waals surface area contributed by atoms with Gasteiger partial charge >= 0.3 is 0 Å². The summed E-state index contributed by atoms with van der Waals surface area (Å²) in [6, 6.07) is -0.632. The second-order valence-corrected chi connectivity index (χ2v) is 6.35. The van der Waals surface area contributed by atoms with Crippen molar-refractivity contribution in [3.63, 3.8) is 0 Å². The molecule has 1 unspecified atom stereocenters. The number of nitrogens with one attached hydrogen (secondary N) is 1. The molecule has 1 heterocycles. The van der Waals surface area contributed by atoms with Gasteiger partial charge in [0.2, 0.25) is 15.9 Å². The zero-order valence-corrected chi connectivity index (χ0v) is 11.3. The Morgan fingerprint density at radius 2 is 2.18 bits per heavy atom. The molecule has 1 atom stereocenters. The maximum atomic E-state index is 12.0. The highest BCUT2D eigenvalue weighted by molar-refractivity contribution is 7.89. The third kappa shape index (κ3) is 3.93. The van der Waals surface area contributed by atoms with Gasteiger partial charge in [0.25, 0.3) is 0 Å². The largest absolute Gasteiger partial charge is 0.378 e. The Bertz CT molecular complexity index is 367. The van der Waals surface area contributed by atoms with Gasteiger partial charge in [0, 0.05) is 13.1 Å². The van der Waals surface area contributed by atoms with Crippen molar-refractivity contribution in [2.75, 3.05) is 25.4 Å². The predicted octanol–water partition coefficient (Wildman–Crippen LogP) is -0.438. The Hall–Kier alpha value is -0.660. The molecule has 0 radical (unpaired) electrons. The van der Waals surface area contributed by atoms with Crippen LogP contribution >= 0.6 is 0 Å². The van der Waals surface area contributed by atoms with Crippen LogP contribution in [0.3, 0.4) is 0 Å². The van der Waals surface area contributed by atoms with Crippen molar-refractivity contribution >= 4 is 15.9 Å². The van der Waals surface area contributed by atoms with E-state index in [0.29, 0.717) is 13.1 Å². The van der Waals surface area contributed by atoms with E-state index in [9.17, 15) is 13.2 Å². The molecule has 1 saturated heterocycles. The normalized spacial score (nSPS) is 22.8. The van der Waals surface area contributed by atoms with E-state index >= 15 is 0 Å². The van der Waals surface area contributed by atoms with E-state index in [0.717, 1.165) is 0 Å².